The van der Waals surface area contributed by atoms with Gasteiger partial charge < -0.3 is 15.9 Å². The lowest BCUT2D eigenvalue weighted by molar-refractivity contribution is 0.186. The van der Waals surface area contributed by atoms with Crippen molar-refractivity contribution in [2.45, 2.75) is 0 Å². The van der Waals surface area contributed by atoms with E-state index in [1.807, 2.05) is 0 Å². The van der Waals surface area contributed by atoms with Gasteiger partial charge in [-0.15, -0.1) is 0 Å². The van der Waals surface area contributed by atoms with E-state index in [0.717, 1.165) is 0 Å². The molecular weight excluding hydrogens is 174 g/mol. The van der Waals surface area contributed by atoms with Crippen LogP contribution in [0.15, 0.2) is 0 Å². The van der Waals surface area contributed by atoms with Crippen LogP contribution in [-0.4, -0.2) is 48.7 Å². The molecule has 0 aliphatic carbocycles. The average molecular weight is 187 g/mol. The second-order valence-electron chi connectivity index (χ2n) is 1.52. The van der Waals surface area contributed by atoms with Gasteiger partial charge in [-0.2, -0.15) is 8.42 Å². The van der Waals surface area contributed by atoms with Crippen molar-refractivity contribution in [1.29, 1.82) is 0 Å². The zero-order valence-corrected chi connectivity index (χ0v) is 6.79. The molecule has 0 saturated heterocycles. The van der Waals surface area contributed by atoms with Crippen LogP contribution in [0.1, 0.15) is 0 Å². The van der Waals surface area contributed by atoms with E-state index < -0.39 is 10.1 Å². The van der Waals surface area contributed by atoms with Gasteiger partial charge in [-0.25, -0.2) is 0 Å². The van der Waals surface area contributed by atoms with E-state index in [1.165, 1.54) is 0 Å². The second kappa shape index (κ2) is 7.89. The molecular formula is C4H13NO5S. The maximum atomic E-state index is 9.71. The van der Waals surface area contributed by atoms with Crippen molar-refractivity contribution >= 4 is 10.1 Å². The summed E-state index contributed by atoms with van der Waals surface area (Å²) in [6.07, 6.45) is 0. The van der Waals surface area contributed by atoms with Crippen molar-refractivity contribution in [3.63, 3.8) is 0 Å². The predicted molar refractivity (Wildman–Crippen MR) is 39.6 cm³/mol. The summed E-state index contributed by atoms with van der Waals surface area (Å²) in [5.41, 5.74) is 4.78. The van der Waals surface area contributed by atoms with Crippen LogP contribution in [0.25, 0.3) is 0 Å². The van der Waals surface area contributed by atoms with Gasteiger partial charge in [0.1, 0.15) is 0 Å². The van der Waals surface area contributed by atoms with E-state index >= 15 is 0 Å². The van der Waals surface area contributed by atoms with Crippen LogP contribution in [0.4, 0.5) is 0 Å². The number of nitrogens with two attached hydrogens (primary N) is 1. The molecule has 0 amide bonds. The SMILES string of the molecule is NCCS(=O)(=O)O.OCCO. The van der Waals surface area contributed by atoms with Crippen LogP contribution in [0.3, 0.4) is 0 Å². The second-order valence-corrected chi connectivity index (χ2v) is 3.09. The van der Waals surface area contributed by atoms with Crippen molar-refractivity contribution in [2.75, 3.05) is 25.5 Å². The minimum atomic E-state index is -3.80. The molecule has 0 radical (unpaired) electrons. The van der Waals surface area contributed by atoms with Gasteiger partial charge in [0.2, 0.25) is 0 Å². The molecule has 0 spiro atoms. The van der Waals surface area contributed by atoms with Crippen LogP contribution in [0, 0.1) is 0 Å². The van der Waals surface area contributed by atoms with Gasteiger partial charge in [-0.1, -0.05) is 0 Å². The van der Waals surface area contributed by atoms with Crippen molar-refractivity contribution in [3.05, 3.63) is 0 Å². The summed E-state index contributed by atoms with van der Waals surface area (Å²) in [4.78, 5) is 0. The van der Waals surface area contributed by atoms with Crippen LogP contribution in [0.5, 0.6) is 0 Å². The van der Waals surface area contributed by atoms with E-state index in [9.17, 15) is 8.42 Å². The number of hydrogen-bond acceptors (Lipinski definition) is 5. The fraction of sp³-hybridized carbons (Fsp3) is 1.00. The Bertz CT molecular complexity index is 152. The first kappa shape index (κ1) is 13.4. The highest BCUT2D eigenvalue weighted by Crippen LogP contribution is 1.74. The summed E-state index contributed by atoms with van der Waals surface area (Å²) in [6, 6.07) is 0. The van der Waals surface area contributed by atoms with Gasteiger partial charge >= 0.3 is 0 Å². The molecule has 0 bridgehead atoms. The summed E-state index contributed by atoms with van der Waals surface area (Å²) in [6.45, 7) is -0.279. The molecule has 0 aromatic heterocycles. The molecule has 0 unspecified atom stereocenters. The lowest BCUT2D eigenvalue weighted by atomic mass is 10.8. The normalized spacial score (nSPS) is 10.2. The van der Waals surface area contributed by atoms with Crippen LogP contribution >= 0.6 is 0 Å². The maximum absolute atomic E-state index is 9.71. The molecule has 6 nitrogen and oxygen atoms in total. The predicted octanol–water partition coefficient (Wildman–Crippen LogP) is -2.20. The molecule has 0 aliphatic heterocycles. The van der Waals surface area contributed by atoms with Crippen molar-refractivity contribution in [3.8, 4) is 0 Å². The summed E-state index contributed by atoms with van der Waals surface area (Å²) >= 11 is 0. The minimum absolute atomic E-state index is 0.0289. The molecule has 0 atom stereocenters. The number of hydrogen-bond donors (Lipinski definition) is 4. The van der Waals surface area contributed by atoms with E-state index in [1.54, 1.807) is 0 Å². The summed E-state index contributed by atoms with van der Waals surface area (Å²) in [7, 11) is -3.80. The molecule has 70 valence electrons. The smallest absolute Gasteiger partial charge is 0.266 e. The number of rotatable bonds is 3. The fourth-order valence-electron chi connectivity index (χ4n) is 0.149. The topological polar surface area (TPSA) is 121 Å². The third-order valence-corrected chi connectivity index (χ3v) is 1.23. The highest BCUT2D eigenvalue weighted by molar-refractivity contribution is 7.85. The maximum Gasteiger partial charge on any atom is 0.266 e. The quantitative estimate of drug-likeness (QED) is 0.372. The van der Waals surface area contributed by atoms with Crippen molar-refractivity contribution < 1.29 is 23.2 Å². The Morgan fingerprint density at radius 1 is 1.18 bits per heavy atom. The first-order valence-corrected chi connectivity index (χ1v) is 4.45. The molecule has 0 aromatic carbocycles. The van der Waals surface area contributed by atoms with E-state index in [-0.39, 0.29) is 25.5 Å². The van der Waals surface area contributed by atoms with E-state index in [0.29, 0.717) is 0 Å². The van der Waals surface area contributed by atoms with Gasteiger partial charge in [0.25, 0.3) is 10.1 Å². The lowest BCUT2D eigenvalue weighted by Crippen LogP contribution is -2.13. The molecule has 5 N–H and O–H groups in total. The summed E-state index contributed by atoms with van der Waals surface area (Å²) in [5, 5.41) is 15.2. The molecule has 7 heteroatoms. The van der Waals surface area contributed by atoms with Crippen molar-refractivity contribution in [2.24, 2.45) is 5.73 Å². The molecule has 0 aromatic rings. The largest absolute Gasteiger partial charge is 0.394 e. The van der Waals surface area contributed by atoms with Gasteiger partial charge in [0.05, 0.1) is 19.0 Å². The summed E-state index contributed by atoms with van der Waals surface area (Å²) in [5.74, 6) is -0.354. The fourth-order valence-corrected chi connectivity index (χ4v) is 0.447. The number of aliphatic hydroxyl groups excluding tert-OH is 2. The Labute approximate surface area is 65.4 Å². The average Bonchev–Trinajstić information content (AvgIpc) is 1.86. The third-order valence-electron chi connectivity index (χ3n) is 0.476. The molecule has 0 aliphatic rings. The Balaban J connectivity index is 0. The molecule has 0 fully saturated rings. The Hall–Kier alpha value is -0.210. The van der Waals surface area contributed by atoms with Crippen LogP contribution in [0.2, 0.25) is 0 Å². The van der Waals surface area contributed by atoms with E-state index in [2.05, 4.69) is 0 Å². The first-order chi connectivity index (χ1) is 4.97. The molecule has 0 heterocycles. The molecule has 11 heavy (non-hydrogen) atoms. The third kappa shape index (κ3) is 25.9. The van der Waals surface area contributed by atoms with Crippen LogP contribution < -0.4 is 5.73 Å². The summed E-state index contributed by atoms with van der Waals surface area (Å²) < 4.78 is 27.3. The zero-order chi connectivity index (χ0) is 9.33. The van der Waals surface area contributed by atoms with Gasteiger partial charge in [0.15, 0.2) is 0 Å². The molecule has 0 saturated carbocycles. The molecule has 0 rings (SSSR count). The van der Waals surface area contributed by atoms with Crippen molar-refractivity contribution in [1.82, 2.24) is 0 Å². The van der Waals surface area contributed by atoms with Crippen LogP contribution in [-0.2, 0) is 10.1 Å². The van der Waals surface area contributed by atoms with Gasteiger partial charge in [-0.05, 0) is 0 Å². The Morgan fingerprint density at radius 2 is 1.55 bits per heavy atom. The first-order valence-electron chi connectivity index (χ1n) is 2.85. The van der Waals surface area contributed by atoms with Gasteiger partial charge in [-0.3, -0.25) is 4.55 Å². The minimum Gasteiger partial charge on any atom is -0.394 e. The standard InChI is InChI=1S/C2H7NO3S.C2H6O2/c3-1-2-7(4,5)6;3-1-2-4/h1-3H2,(H,4,5,6);3-4H,1-2H2. The Morgan fingerprint density at radius 3 is 1.55 bits per heavy atom. The highest BCUT2D eigenvalue weighted by atomic mass is 32.2. The highest BCUT2D eigenvalue weighted by Gasteiger charge is 1.98. The Kier molecular flexibility index (Phi) is 9.60. The zero-order valence-electron chi connectivity index (χ0n) is 5.97. The lowest BCUT2D eigenvalue weighted by Gasteiger charge is -1.86. The number of aliphatic hydroxyl groups is 2. The van der Waals surface area contributed by atoms with Gasteiger partial charge in [0, 0.05) is 6.54 Å². The monoisotopic (exact) mass is 187 g/mol. The van der Waals surface area contributed by atoms with E-state index in [4.69, 9.17) is 20.5 Å².